The number of allylic oxidation sites excluding steroid dienone is 1. The van der Waals surface area contributed by atoms with Crippen LogP contribution in [0.15, 0.2) is 22.4 Å². The Hall–Kier alpha value is -1.53. The highest BCUT2D eigenvalue weighted by Crippen LogP contribution is 2.58. The molecule has 1 fully saturated rings. The number of phenolic OH excluding ortho intramolecular Hbond substituents is 1. The molecular formula is C19H22BrNO4. The first-order valence-electron chi connectivity index (χ1n) is 8.51. The van der Waals surface area contributed by atoms with Gasteiger partial charge in [0.2, 0.25) is 0 Å². The molecule has 1 saturated heterocycles. The molecule has 3 aliphatic rings. The van der Waals surface area contributed by atoms with Gasteiger partial charge in [-0.2, -0.15) is 0 Å². The van der Waals surface area contributed by atoms with E-state index in [0.29, 0.717) is 17.9 Å². The summed E-state index contributed by atoms with van der Waals surface area (Å²) in [7, 11) is 5.24. The number of ketones is 1. The van der Waals surface area contributed by atoms with Crippen molar-refractivity contribution in [1.82, 2.24) is 4.90 Å². The third-order valence-electron chi connectivity index (χ3n) is 6.28. The smallest absolute Gasteiger partial charge is 0.197 e. The first-order chi connectivity index (χ1) is 11.9. The normalized spacial score (nSPS) is 31.0. The highest BCUT2D eigenvalue weighted by Gasteiger charge is 2.57. The van der Waals surface area contributed by atoms with Gasteiger partial charge in [0, 0.05) is 33.8 Å². The van der Waals surface area contributed by atoms with Gasteiger partial charge in [0.05, 0.1) is 14.2 Å². The second kappa shape index (κ2) is 5.74. The first kappa shape index (κ1) is 16.9. The Kier molecular flexibility index (Phi) is 3.88. The standard InChI is InChI=1S/C19H22BrNO4/c1-21-5-4-19-9-14(22)15(24-2)7-11(19)13(21)6-10-12(20)8-16(25-3)18(23)17(10)19/h7-8,11,13,23H,4-6,9H2,1-3H3/t11-,13+,19-/m1/s1. The molecule has 0 amide bonds. The first-order valence-corrected chi connectivity index (χ1v) is 9.30. The molecule has 6 heteroatoms. The fraction of sp³-hybridized carbons (Fsp3) is 0.526. The number of piperidine rings is 1. The molecule has 0 unspecified atom stereocenters. The number of hydrogen-bond donors (Lipinski definition) is 1. The van der Waals surface area contributed by atoms with E-state index in [1.54, 1.807) is 14.2 Å². The van der Waals surface area contributed by atoms with Crippen LogP contribution in [0.2, 0.25) is 0 Å². The number of carbonyl (C=O) groups is 1. The summed E-state index contributed by atoms with van der Waals surface area (Å²) in [5.74, 6) is 1.22. The minimum absolute atomic E-state index is 0.00763. The Morgan fingerprint density at radius 1 is 1.36 bits per heavy atom. The van der Waals surface area contributed by atoms with Crippen LogP contribution in [-0.2, 0) is 21.4 Å². The number of methoxy groups -OCH3 is 2. The van der Waals surface area contributed by atoms with Crippen LogP contribution in [0.1, 0.15) is 24.0 Å². The zero-order valence-electron chi connectivity index (χ0n) is 14.6. The van der Waals surface area contributed by atoms with Crippen LogP contribution in [0, 0.1) is 5.92 Å². The summed E-state index contributed by atoms with van der Waals surface area (Å²) in [6.07, 6.45) is 3.99. The maximum Gasteiger partial charge on any atom is 0.197 e. The molecule has 4 rings (SSSR count). The maximum absolute atomic E-state index is 12.7. The molecule has 1 aromatic rings. The van der Waals surface area contributed by atoms with Crippen molar-refractivity contribution in [3.63, 3.8) is 0 Å². The molecule has 0 aromatic heterocycles. The number of likely N-dealkylation sites (tertiary alicyclic amines) is 1. The molecule has 1 aromatic carbocycles. The van der Waals surface area contributed by atoms with Crippen LogP contribution >= 0.6 is 15.9 Å². The molecular weight excluding hydrogens is 386 g/mol. The Morgan fingerprint density at radius 2 is 2.12 bits per heavy atom. The van der Waals surface area contributed by atoms with E-state index in [4.69, 9.17) is 9.47 Å². The van der Waals surface area contributed by atoms with Crippen molar-refractivity contribution in [2.24, 2.45) is 5.92 Å². The highest BCUT2D eigenvalue weighted by atomic mass is 79.9. The molecule has 0 radical (unpaired) electrons. The summed E-state index contributed by atoms with van der Waals surface area (Å²) in [6.45, 7) is 0.901. The minimum atomic E-state index is -0.398. The number of phenols is 1. The summed E-state index contributed by atoms with van der Waals surface area (Å²) in [6, 6.07) is 2.10. The topological polar surface area (TPSA) is 59.0 Å². The number of benzene rings is 1. The molecule has 1 aliphatic heterocycles. The fourth-order valence-corrected chi connectivity index (χ4v) is 5.63. The van der Waals surface area contributed by atoms with Gasteiger partial charge in [-0.05, 0) is 44.1 Å². The van der Waals surface area contributed by atoms with Crippen LogP contribution < -0.4 is 4.74 Å². The van der Waals surface area contributed by atoms with Crippen molar-refractivity contribution in [2.45, 2.75) is 30.7 Å². The second-order valence-electron chi connectivity index (χ2n) is 7.28. The van der Waals surface area contributed by atoms with Gasteiger partial charge in [0.25, 0.3) is 0 Å². The average molecular weight is 408 g/mol. The van der Waals surface area contributed by atoms with Crippen molar-refractivity contribution in [1.29, 1.82) is 0 Å². The average Bonchev–Trinajstić information content (AvgIpc) is 2.59. The monoisotopic (exact) mass is 407 g/mol. The lowest BCUT2D eigenvalue weighted by atomic mass is 9.53. The summed E-state index contributed by atoms with van der Waals surface area (Å²) in [4.78, 5) is 15.0. The molecule has 5 nitrogen and oxygen atoms in total. The number of rotatable bonds is 2. The van der Waals surface area contributed by atoms with Crippen LogP contribution in [-0.4, -0.2) is 49.6 Å². The second-order valence-corrected chi connectivity index (χ2v) is 8.14. The minimum Gasteiger partial charge on any atom is -0.504 e. The Morgan fingerprint density at radius 3 is 2.80 bits per heavy atom. The van der Waals surface area contributed by atoms with Gasteiger partial charge in [0.1, 0.15) is 0 Å². The Bertz CT molecular complexity index is 790. The number of Topliss-reactive ketones (excluding diaryl/α,β-unsaturated/α-hetero) is 1. The third kappa shape index (κ3) is 2.20. The van der Waals surface area contributed by atoms with Crippen LogP contribution in [0.3, 0.4) is 0 Å². The summed E-state index contributed by atoms with van der Waals surface area (Å²) >= 11 is 3.66. The maximum atomic E-state index is 12.7. The van der Waals surface area contributed by atoms with Crippen LogP contribution in [0.25, 0.3) is 0 Å². The molecule has 25 heavy (non-hydrogen) atoms. The van der Waals surface area contributed by atoms with Crippen molar-refractivity contribution < 1.29 is 19.4 Å². The number of carbonyl (C=O) groups excluding carboxylic acids is 1. The highest BCUT2D eigenvalue weighted by molar-refractivity contribution is 9.10. The van der Waals surface area contributed by atoms with Crippen molar-refractivity contribution >= 4 is 21.7 Å². The molecule has 0 saturated carbocycles. The molecule has 1 N–H and O–H groups in total. The number of aromatic hydroxyl groups is 1. The van der Waals surface area contributed by atoms with Gasteiger partial charge in [-0.25, -0.2) is 0 Å². The van der Waals surface area contributed by atoms with Gasteiger partial charge < -0.3 is 19.5 Å². The lowest BCUT2D eigenvalue weighted by Gasteiger charge is -2.56. The predicted molar refractivity (Wildman–Crippen MR) is 97.0 cm³/mol. The largest absolute Gasteiger partial charge is 0.504 e. The van der Waals surface area contributed by atoms with E-state index >= 15 is 0 Å². The lowest BCUT2D eigenvalue weighted by molar-refractivity contribution is -0.122. The molecule has 1 heterocycles. The summed E-state index contributed by atoms with van der Waals surface area (Å²) < 4.78 is 11.6. The van der Waals surface area contributed by atoms with Gasteiger partial charge in [-0.15, -0.1) is 0 Å². The van der Waals surface area contributed by atoms with E-state index in [2.05, 4.69) is 27.9 Å². The zero-order chi connectivity index (χ0) is 17.9. The number of nitrogens with zero attached hydrogens (tertiary/aromatic N) is 1. The molecule has 134 valence electrons. The van der Waals surface area contributed by atoms with Crippen LogP contribution in [0.5, 0.6) is 11.5 Å². The van der Waals surface area contributed by atoms with Gasteiger partial charge >= 0.3 is 0 Å². The van der Waals surface area contributed by atoms with E-state index in [9.17, 15) is 9.90 Å². The number of fused-ring (bicyclic) bond motifs is 1. The zero-order valence-corrected chi connectivity index (χ0v) is 16.2. The van der Waals surface area contributed by atoms with Gasteiger partial charge in [-0.3, -0.25) is 4.79 Å². The number of likely N-dealkylation sites (N-methyl/N-ethyl adjacent to an activating group) is 1. The molecule has 2 aliphatic carbocycles. The third-order valence-corrected chi connectivity index (χ3v) is 6.99. The van der Waals surface area contributed by atoms with Crippen molar-refractivity contribution in [3.8, 4) is 11.5 Å². The fourth-order valence-electron chi connectivity index (χ4n) is 5.06. The van der Waals surface area contributed by atoms with Crippen molar-refractivity contribution in [2.75, 3.05) is 27.8 Å². The number of halogens is 1. The molecule has 2 bridgehead atoms. The predicted octanol–water partition coefficient (Wildman–Crippen LogP) is 2.78. The van der Waals surface area contributed by atoms with E-state index in [-0.39, 0.29) is 23.5 Å². The summed E-state index contributed by atoms with van der Waals surface area (Å²) in [5, 5.41) is 11.0. The molecule has 0 spiro atoms. The number of hydrogen-bond acceptors (Lipinski definition) is 5. The van der Waals surface area contributed by atoms with E-state index in [1.807, 2.05) is 12.1 Å². The van der Waals surface area contributed by atoms with Crippen molar-refractivity contribution in [3.05, 3.63) is 33.5 Å². The summed E-state index contributed by atoms with van der Waals surface area (Å²) in [5.41, 5.74) is 1.58. The van der Waals surface area contributed by atoms with E-state index in [0.717, 1.165) is 35.0 Å². The Labute approximate surface area is 155 Å². The quantitative estimate of drug-likeness (QED) is 0.816. The van der Waals surface area contributed by atoms with Gasteiger partial charge in [-0.1, -0.05) is 15.9 Å². The number of ether oxygens (including phenoxy) is 2. The Balaban J connectivity index is 2.01. The van der Waals surface area contributed by atoms with E-state index in [1.165, 1.54) is 0 Å². The lowest BCUT2D eigenvalue weighted by Crippen LogP contribution is -2.60. The van der Waals surface area contributed by atoms with E-state index < -0.39 is 5.41 Å². The van der Waals surface area contributed by atoms with Gasteiger partial charge in [0.15, 0.2) is 23.0 Å². The van der Waals surface area contributed by atoms with Crippen LogP contribution in [0.4, 0.5) is 0 Å². The SMILES string of the molecule is COC1=C[C@@H]2[C@@H]3Cc4c(Br)cc(OC)c(O)c4[C@]2(CCN3C)CC1=O. The molecule has 3 atom stereocenters.